The molecule has 1 aromatic heterocycles. The first kappa shape index (κ1) is 8.68. The zero-order chi connectivity index (χ0) is 8.27. The maximum atomic E-state index is 5.62. The van der Waals surface area contributed by atoms with E-state index in [1.165, 1.54) is 0 Å². The fourth-order valence-electron chi connectivity index (χ4n) is 0.894. The summed E-state index contributed by atoms with van der Waals surface area (Å²) in [6.45, 7) is 1.97. The van der Waals surface area contributed by atoms with E-state index in [0.717, 1.165) is 16.7 Å². The molecule has 11 heavy (non-hydrogen) atoms. The Hall–Kier alpha value is -0.410. The average molecular weight is 215 g/mol. The molecule has 0 aliphatic heterocycles. The van der Waals surface area contributed by atoms with Crippen molar-refractivity contribution >= 4 is 15.9 Å². The van der Waals surface area contributed by atoms with Crippen molar-refractivity contribution in [3.8, 4) is 0 Å². The predicted molar refractivity (Wildman–Crippen MR) is 49.3 cm³/mol. The van der Waals surface area contributed by atoms with Crippen LogP contribution in [-0.4, -0.2) is 11.0 Å². The second-order valence-electron chi connectivity index (χ2n) is 2.63. The molecular formula is C8H11BrN2. The standard InChI is InChI=1S/C8H11BrN2/c1-6(10)5-7-3-2-4-8(9)11-7/h2-4,6H,5,10H2,1H3/t6-/m0/s1. The number of nitrogens with zero attached hydrogens (tertiary/aromatic N) is 1. The van der Waals surface area contributed by atoms with Gasteiger partial charge in [-0.05, 0) is 35.0 Å². The number of hydrogen-bond acceptors (Lipinski definition) is 2. The first-order valence-corrected chi connectivity index (χ1v) is 4.35. The van der Waals surface area contributed by atoms with Gasteiger partial charge in [-0.3, -0.25) is 0 Å². The summed E-state index contributed by atoms with van der Waals surface area (Å²) in [5.41, 5.74) is 6.66. The normalized spacial score (nSPS) is 13.0. The minimum atomic E-state index is 0.178. The highest BCUT2D eigenvalue weighted by Gasteiger charge is 1.98. The van der Waals surface area contributed by atoms with Gasteiger partial charge in [-0.2, -0.15) is 0 Å². The Balaban J connectivity index is 2.71. The molecule has 0 saturated carbocycles. The van der Waals surface area contributed by atoms with Gasteiger partial charge in [-0.25, -0.2) is 4.98 Å². The van der Waals surface area contributed by atoms with Crippen molar-refractivity contribution in [2.75, 3.05) is 0 Å². The highest BCUT2D eigenvalue weighted by molar-refractivity contribution is 9.10. The van der Waals surface area contributed by atoms with Crippen molar-refractivity contribution in [2.45, 2.75) is 19.4 Å². The summed E-state index contributed by atoms with van der Waals surface area (Å²) in [5, 5.41) is 0. The van der Waals surface area contributed by atoms with Gasteiger partial charge in [0.1, 0.15) is 4.60 Å². The fraction of sp³-hybridized carbons (Fsp3) is 0.375. The molecule has 1 atom stereocenters. The number of nitrogens with two attached hydrogens (primary N) is 1. The van der Waals surface area contributed by atoms with Crippen LogP contribution < -0.4 is 5.73 Å². The molecule has 3 heteroatoms. The molecule has 0 aromatic carbocycles. The molecule has 2 N–H and O–H groups in total. The molecule has 0 aliphatic carbocycles. The monoisotopic (exact) mass is 214 g/mol. The van der Waals surface area contributed by atoms with Gasteiger partial charge in [0.15, 0.2) is 0 Å². The Labute approximate surface area is 75.0 Å². The van der Waals surface area contributed by atoms with Crippen LogP contribution in [0.3, 0.4) is 0 Å². The van der Waals surface area contributed by atoms with Gasteiger partial charge in [0, 0.05) is 18.2 Å². The van der Waals surface area contributed by atoms with E-state index in [1.807, 2.05) is 25.1 Å². The largest absolute Gasteiger partial charge is 0.328 e. The zero-order valence-corrected chi connectivity index (χ0v) is 8.01. The fourth-order valence-corrected chi connectivity index (χ4v) is 1.27. The molecule has 1 rings (SSSR count). The van der Waals surface area contributed by atoms with Crippen LogP contribution in [0.15, 0.2) is 22.8 Å². The third kappa shape index (κ3) is 2.99. The lowest BCUT2D eigenvalue weighted by Gasteiger charge is -2.03. The zero-order valence-electron chi connectivity index (χ0n) is 6.42. The SMILES string of the molecule is C[C@H](N)Cc1cccc(Br)n1. The van der Waals surface area contributed by atoms with Crippen LogP contribution >= 0.6 is 15.9 Å². The Morgan fingerprint density at radius 3 is 2.91 bits per heavy atom. The van der Waals surface area contributed by atoms with E-state index < -0.39 is 0 Å². The van der Waals surface area contributed by atoms with Gasteiger partial charge in [-0.15, -0.1) is 0 Å². The summed E-state index contributed by atoms with van der Waals surface area (Å²) in [6.07, 6.45) is 0.833. The van der Waals surface area contributed by atoms with E-state index in [2.05, 4.69) is 20.9 Å². The Bertz CT molecular complexity index is 235. The Kier molecular flexibility index (Phi) is 3.02. The summed E-state index contributed by atoms with van der Waals surface area (Å²) in [7, 11) is 0. The predicted octanol–water partition coefficient (Wildman–Crippen LogP) is 1.73. The molecule has 0 radical (unpaired) electrons. The van der Waals surface area contributed by atoms with E-state index in [9.17, 15) is 0 Å². The van der Waals surface area contributed by atoms with Crippen molar-refractivity contribution in [1.29, 1.82) is 0 Å². The number of hydrogen-bond donors (Lipinski definition) is 1. The van der Waals surface area contributed by atoms with Gasteiger partial charge in [0.2, 0.25) is 0 Å². The number of pyridine rings is 1. The molecule has 1 heterocycles. The lowest BCUT2D eigenvalue weighted by molar-refractivity contribution is 0.721. The molecule has 0 aliphatic rings. The van der Waals surface area contributed by atoms with Gasteiger partial charge >= 0.3 is 0 Å². The molecule has 0 unspecified atom stereocenters. The van der Waals surface area contributed by atoms with Crippen molar-refractivity contribution in [2.24, 2.45) is 5.73 Å². The highest BCUT2D eigenvalue weighted by Crippen LogP contribution is 2.07. The quantitative estimate of drug-likeness (QED) is 0.763. The maximum absolute atomic E-state index is 5.62. The number of rotatable bonds is 2. The topological polar surface area (TPSA) is 38.9 Å². The first-order valence-electron chi connectivity index (χ1n) is 3.55. The first-order chi connectivity index (χ1) is 5.18. The summed E-state index contributed by atoms with van der Waals surface area (Å²) >= 11 is 3.30. The minimum absolute atomic E-state index is 0.178. The molecular weight excluding hydrogens is 204 g/mol. The molecule has 0 spiro atoms. The highest BCUT2D eigenvalue weighted by atomic mass is 79.9. The van der Waals surface area contributed by atoms with Crippen LogP contribution in [0.1, 0.15) is 12.6 Å². The average Bonchev–Trinajstić information content (AvgIpc) is 1.85. The summed E-state index contributed by atoms with van der Waals surface area (Å²) in [5.74, 6) is 0. The summed E-state index contributed by atoms with van der Waals surface area (Å²) in [6, 6.07) is 6.03. The minimum Gasteiger partial charge on any atom is -0.328 e. The van der Waals surface area contributed by atoms with Crippen LogP contribution in [-0.2, 0) is 6.42 Å². The lowest BCUT2D eigenvalue weighted by atomic mass is 10.2. The maximum Gasteiger partial charge on any atom is 0.106 e. The summed E-state index contributed by atoms with van der Waals surface area (Å²) in [4.78, 5) is 4.25. The molecule has 60 valence electrons. The molecule has 0 fully saturated rings. The van der Waals surface area contributed by atoms with Gasteiger partial charge in [0.05, 0.1) is 0 Å². The van der Waals surface area contributed by atoms with Crippen molar-refractivity contribution in [1.82, 2.24) is 4.98 Å². The van der Waals surface area contributed by atoms with Crippen LogP contribution in [0.25, 0.3) is 0 Å². The van der Waals surface area contributed by atoms with Crippen molar-refractivity contribution < 1.29 is 0 Å². The van der Waals surface area contributed by atoms with E-state index in [0.29, 0.717) is 0 Å². The second-order valence-corrected chi connectivity index (χ2v) is 3.45. The van der Waals surface area contributed by atoms with Gasteiger partial charge in [-0.1, -0.05) is 6.07 Å². The van der Waals surface area contributed by atoms with Gasteiger partial charge in [0.25, 0.3) is 0 Å². The van der Waals surface area contributed by atoms with Crippen LogP contribution in [0.5, 0.6) is 0 Å². The van der Waals surface area contributed by atoms with E-state index in [-0.39, 0.29) is 6.04 Å². The Morgan fingerprint density at radius 1 is 1.64 bits per heavy atom. The molecule has 1 aromatic rings. The lowest BCUT2D eigenvalue weighted by Crippen LogP contribution is -2.18. The van der Waals surface area contributed by atoms with Crippen molar-refractivity contribution in [3.63, 3.8) is 0 Å². The van der Waals surface area contributed by atoms with Crippen molar-refractivity contribution in [3.05, 3.63) is 28.5 Å². The smallest absolute Gasteiger partial charge is 0.106 e. The second kappa shape index (κ2) is 3.83. The molecule has 0 bridgehead atoms. The van der Waals surface area contributed by atoms with Crippen LogP contribution in [0, 0.1) is 0 Å². The molecule has 0 amide bonds. The van der Waals surface area contributed by atoms with Crippen LogP contribution in [0.4, 0.5) is 0 Å². The van der Waals surface area contributed by atoms with E-state index in [4.69, 9.17) is 5.73 Å². The number of aromatic nitrogens is 1. The summed E-state index contributed by atoms with van der Waals surface area (Å²) < 4.78 is 0.871. The van der Waals surface area contributed by atoms with Crippen LogP contribution in [0.2, 0.25) is 0 Å². The molecule has 0 saturated heterocycles. The third-order valence-corrected chi connectivity index (χ3v) is 1.75. The Morgan fingerprint density at radius 2 is 2.36 bits per heavy atom. The molecule has 2 nitrogen and oxygen atoms in total. The van der Waals surface area contributed by atoms with E-state index >= 15 is 0 Å². The number of halogens is 1. The van der Waals surface area contributed by atoms with E-state index in [1.54, 1.807) is 0 Å². The third-order valence-electron chi connectivity index (χ3n) is 1.30. The van der Waals surface area contributed by atoms with Gasteiger partial charge < -0.3 is 5.73 Å².